The molecule has 0 unspecified atom stereocenters. The highest BCUT2D eigenvalue weighted by Gasteiger charge is 2.19. The Bertz CT molecular complexity index is 432. The number of likely N-dealkylation sites (N-methyl/N-ethyl adjacent to an activating group) is 1. The molecular weight excluding hydrogens is 306 g/mol. The topological polar surface area (TPSA) is 35.6 Å². The molecule has 4 nitrogen and oxygen atoms in total. The van der Waals surface area contributed by atoms with Gasteiger partial charge in [0, 0.05) is 44.2 Å². The Morgan fingerprint density at radius 1 is 1.37 bits per heavy atom. The Kier molecular flexibility index (Phi) is 5.22. The van der Waals surface area contributed by atoms with Crippen LogP contribution in [0.25, 0.3) is 0 Å². The Morgan fingerprint density at radius 2 is 2.05 bits per heavy atom. The SMILES string of the molecule is CN(CCc1ccccc1Br)C(=O)N1CCNCC1. The summed E-state index contributed by atoms with van der Waals surface area (Å²) in [6, 6.07) is 8.29. The van der Waals surface area contributed by atoms with E-state index in [4.69, 9.17) is 0 Å². The predicted molar refractivity (Wildman–Crippen MR) is 80.3 cm³/mol. The van der Waals surface area contributed by atoms with Gasteiger partial charge in [-0.3, -0.25) is 0 Å². The van der Waals surface area contributed by atoms with E-state index in [0.717, 1.165) is 43.6 Å². The molecule has 2 rings (SSSR count). The van der Waals surface area contributed by atoms with E-state index in [0.29, 0.717) is 0 Å². The van der Waals surface area contributed by atoms with Crippen molar-refractivity contribution in [3.05, 3.63) is 34.3 Å². The molecule has 1 aromatic carbocycles. The van der Waals surface area contributed by atoms with E-state index in [1.54, 1.807) is 0 Å². The first kappa shape index (κ1) is 14.3. The van der Waals surface area contributed by atoms with Crippen LogP contribution >= 0.6 is 15.9 Å². The van der Waals surface area contributed by atoms with E-state index >= 15 is 0 Å². The summed E-state index contributed by atoms with van der Waals surface area (Å²) in [5, 5.41) is 3.26. The molecule has 1 aliphatic rings. The summed E-state index contributed by atoms with van der Waals surface area (Å²) in [5.41, 5.74) is 1.24. The number of halogens is 1. The molecule has 19 heavy (non-hydrogen) atoms. The zero-order valence-electron chi connectivity index (χ0n) is 11.2. The van der Waals surface area contributed by atoms with Crippen LogP contribution < -0.4 is 5.32 Å². The van der Waals surface area contributed by atoms with E-state index in [-0.39, 0.29) is 6.03 Å². The molecule has 1 saturated heterocycles. The van der Waals surface area contributed by atoms with E-state index in [9.17, 15) is 4.79 Å². The molecule has 0 atom stereocenters. The third kappa shape index (κ3) is 3.94. The number of hydrogen-bond donors (Lipinski definition) is 1. The molecule has 2 amide bonds. The number of carbonyl (C=O) groups is 1. The van der Waals surface area contributed by atoms with Gasteiger partial charge in [0.15, 0.2) is 0 Å². The molecule has 1 aromatic rings. The van der Waals surface area contributed by atoms with Crippen LogP contribution in [0.1, 0.15) is 5.56 Å². The highest BCUT2D eigenvalue weighted by molar-refractivity contribution is 9.10. The lowest BCUT2D eigenvalue weighted by atomic mass is 10.1. The molecule has 0 aromatic heterocycles. The first-order valence-electron chi connectivity index (χ1n) is 6.62. The van der Waals surface area contributed by atoms with E-state index in [2.05, 4.69) is 27.3 Å². The third-order valence-electron chi connectivity index (χ3n) is 3.39. The smallest absolute Gasteiger partial charge is 0.319 e. The third-order valence-corrected chi connectivity index (χ3v) is 4.16. The highest BCUT2D eigenvalue weighted by atomic mass is 79.9. The summed E-state index contributed by atoms with van der Waals surface area (Å²) < 4.78 is 1.11. The van der Waals surface area contributed by atoms with Crippen LogP contribution in [0.2, 0.25) is 0 Å². The van der Waals surface area contributed by atoms with Crippen molar-refractivity contribution in [2.75, 3.05) is 39.8 Å². The van der Waals surface area contributed by atoms with Gasteiger partial charge in [0.1, 0.15) is 0 Å². The first-order valence-corrected chi connectivity index (χ1v) is 7.42. The average Bonchev–Trinajstić information content (AvgIpc) is 2.46. The number of rotatable bonds is 3. The zero-order chi connectivity index (χ0) is 13.7. The monoisotopic (exact) mass is 325 g/mol. The van der Waals surface area contributed by atoms with Crippen LogP contribution in [0.15, 0.2) is 28.7 Å². The molecule has 1 N–H and O–H groups in total. The number of hydrogen-bond acceptors (Lipinski definition) is 2. The number of nitrogens with one attached hydrogen (secondary N) is 1. The minimum Gasteiger partial charge on any atom is -0.327 e. The second-order valence-electron chi connectivity index (χ2n) is 4.78. The molecule has 5 heteroatoms. The van der Waals surface area contributed by atoms with Gasteiger partial charge in [0.2, 0.25) is 0 Å². The Hall–Kier alpha value is -1.07. The van der Waals surface area contributed by atoms with Crippen molar-refractivity contribution < 1.29 is 4.79 Å². The molecule has 0 spiro atoms. The second kappa shape index (κ2) is 6.91. The standard InChI is InChI=1S/C14H20BrN3O/c1-17(14(19)18-10-7-16-8-11-18)9-6-12-4-2-3-5-13(12)15/h2-5,16H,6-11H2,1H3. The molecule has 104 valence electrons. The molecule has 1 fully saturated rings. The molecule has 0 radical (unpaired) electrons. The minimum absolute atomic E-state index is 0.133. The minimum atomic E-state index is 0.133. The van der Waals surface area contributed by atoms with Crippen LogP contribution in [0.4, 0.5) is 4.79 Å². The van der Waals surface area contributed by atoms with Crippen molar-refractivity contribution in [2.45, 2.75) is 6.42 Å². The number of amides is 2. The van der Waals surface area contributed by atoms with Crippen molar-refractivity contribution in [1.82, 2.24) is 15.1 Å². The number of nitrogens with zero attached hydrogens (tertiary/aromatic N) is 2. The lowest BCUT2D eigenvalue weighted by Gasteiger charge is -2.31. The number of piperazine rings is 1. The molecular formula is C14H20BrN3O. The van der Waals surface area contributed by atoms with E-state index in [1.165, 1.54) is 5.56 Å². The summed E-state index contributed by atoms with van der Waals surface area (Å²) in [4.78, 5) is 15.9. The fourth-order valence-corrected chi connectivity index (χ4v) is 2.67. The molecule has 0 saturated carbocycles. The quantitative estimate of drug-likeness (QED) is 0.922. The second-order valence-corrected chi connectivity index (χ2v) is 5.64. The first-order chi connectivity index (χ1) is 9.18. The number of urea groups is 1. The zero-order valence-corrected chi connectivity index (χ0v) is 12.8. The summed E-state index contributed by atoms with van der Waals surface area (Å²) in [5.74, 6) is 0. The van der Waals surface area contributed by atoms with Crippen molar-refractivity contribution in [3.63, 3.8) is 0 Å². The predicted octanol–water partition coefficient (Wildman–Crippen LogP) is 1.95. The molecule has 1 aliphatic heterocycles. The lowest BCUT2D eigenvalue weighted by molar-refractivity contribution is 0.156. The Balaban J connectivity index is 1.85. The summed E-state index contributed by atoms with van der Waals surface area (Å²) in [6.45, 7) is 4.13. The van der Waals surface area contributed by atoms with Crippen LogP contribution in [-0.4, -0.2) is 55.6 Å². The normalized spacial score (nSPS) is 15.4. The van der Waals surface area contributed by atoms with Gasteiger partial charge in [-0.05, 0) is 18.1 Å². The van der Waals surface area contributed by atoms with Crippen LogP contribution in [0, 0.1) is 0 Å². The molecule has 0 aliphatic carbocycles. The van der Waals surface area contributed by atoms with Crippen LogP contribution in [0.3, 0.4) is 0 Å². The fourth-order valence-electron chi connectivity index (χ4n) is 2.18. The van der Waals surface area contributed by atoms with E-state index < -0.39 is 0 Å². The van der Waals surface area contributed by atoms with Crippen LogP contribution in [0.5, 0.6) is 0 Å². The van der Waals surface area contributed by atoms with Gasteiger partial charge in [-0.2, -0.15) is 0 Å². The lowest BCUT2D eigenvalue weighted by Crippen LogP contribution is -2.50. The largest absolute Gasteiger partial charge is 0.327 e. The number of carbonyl (C=O) groups excluding carboxylic acids is 1. The molecule has 1 heterocycles. The maximum Gasteiger partial charge on any atom is 0.319 e. The maximum atomic E-state index is 12.2. The van der Waals surface area contributed by atoms with Gasteiger partial charge in [-0.25, -0.2) is 4.79 Å². The van der Waals surface area contributed by atoms with E-state index in [1.807, 2.05) is 35.0 Å². The van der Waals surface area contributed by atoms with Gasteiger partial charge in [-0.1, -0.05) is 34.1 Å². The van der Waals surface area contributed by atoms with Crippen molar-refractivity contribution in [2.24, 2.45) is 0 Å². The average molecular weight is 326 g/mol. The van der Waals surface area contributed by atoms with Crippen LogP contribution in [-0.2, 0) is 6.42 Å². The molecule has 0 bridgehead atoms. The highest BCUT2D eigenvalue weighted by Crippen LogP contribution is 2.16. The summed E-state index contributed by atoms with van der Waals surface area (Å²) in [7, 11) is 1.88. The Labute approximate surface area is 122 Å². The summed E-state index contributed by atoms with van der Waals surface area (Å²) >= 11 is 3.54. The Morgan fingerprint density at radius 3 is 2.74 bits per heavy atom. The fraction of sp³-hybridized carbons (Fsp3) is 0.500. The van der Waals surface area contributed by atoms with Gasteiger partial charge in [0.05, 0.1) is 0 Å². The van der Waals surface area contributed by atoms with Gasteiger partial charge in [-0.15, -0.1) is 0 Å². The van der Waals surface area contributed by atoms with Gasteiger partial charge < -0.3 is 15.1 Å². The van der Waals surface area contributed by atoms with Crippen molar-refractivity contribution in [3.8, 4) is 0 Å². The van der Waals surface area contributed by atoms with Gasteiger partial charge in [0.25, 0.3) is 0 Å². The maximum absolute atomic E-state index is 12.2. The van der Waals surface area contributed by atoms with Crippen molar-refractivity contribution >= 4 is 22.0 Å². The van der Waals surface area contributed by atoms with Crippen molar-refractivity contribution in [1.29, 1.82) is 0 Å². The van der Waals surface area contributed by atoms with Gasteiger partial charge >= 0.3 is 6.03 Å². The number of benzene rings is 1. The summed E-state index contributed by atoms with van der Waals surface area (Å²) in [6.07, 6.45) is 0.871.